The normalized spacial score (nSPS) is 14.4. The third-order valence-electron chi connectivity index (χ3n) is 6.19. The fraction of sp³-hybridized carbons (Fsp3) is 0.231. The van der Waals surface area contributed by atoms with Gasteiger partial charge in [0.05, 0.1) is 28.8 Å². The fourth-order valence-corrected chi connectivity index (χ4v) is 4.75. The first kappa shape index (κ1) is 21.5. The molecule has 3 heterocycles. The van der Waals surface area contributed by atoms with Crippen molar-refractivity contribution in [1.82, 2.24) is 15.3 Å². The Balaban J connectivity index is 1.57. The van der Waals surface area contributed by atoms with E-state index < -0.39 is 0 Å². The Kier molecular flexibility index (Phi) is 6.03. The number of anilines is 2. The van der Waals surface area contributed by atoms with Crippen molar-refractivity contribution >= 4 is 33.9 Å². The number of aromatic nitrogens is 2. The Morgan fingerprint density at radius 1 is 1.09 bits per heavy atom. The van der Waals surface area contributed by atoms with Crippen molar-refractivity contribution in [3.63, 3.8) is 0 Å². The van der Waals surface area contributed by atoms with Gasteiger partial charge in [-0.05, 0) is 79.2 Å². The summed E-state index contributed by atoms with van der Waals surface area (Å²) in [6.45, 7) is 2.11. The number of hydrogen-bond acceptors (Lipinski definition) is 5. The number of nitrogens with zero attached hydrogens (tertiary/aromatic N) is 1. The zero-order valence-corrected chi connectivity index (χ0v) is 19.1. The van der Waals surface area contributed by atoms with Gasteiger partial charge in [-0.3, -0.25) is 4.79 Å². The van der Waals surface area contributed by atoms with Gasteiger partial charge in [-0.25, -0.2) is 4.98 Å². The molecule has 0 aliphatic carbocycles. The summed E-state index contributed by atoms with van der Waals surface area (Å²) in [4.78, 5) is 20.3. The average Bonchev–Trinajstić information content (AvgIpc) is 2.84. The van der Waals surface area contributed by atoms with Crippen LogP contribution < -0.4 is 20.9 Å². The van der Waals surface area contributed by atoms with Crippen molar-refractivity contribution in [1.29, 1.82) is 0 Å². The van der Waals surface area contributed by atoms with E-state index in [0.717, 1.165) is 37.0 Å². The molecule has 6 nitrogen and oxygen atoms in total. The number of nitrogens with one attached hydrogen (secondary N) is 3. The molecule has 168 valence electrons. The number of aromatic amines is 1. The van der Waals surface area contributed by atoms with Crippen LogP contribution in [0.1, 0.15) is 24.3 Å². The third kappa shape index (κ3) is 4.32. The topological polar surface area (TPSA) is 79.0 Å². The van der Waals surface area contributed by atoms with E-state index in [2.05, 4.69) is 27.8 Å². The maximum atomic E-state index is 12.7. The van der Waals surface area contributed by atoms with Gasteiger partial charge < -0.3 is 20.4 Å². The number of piperidine rings is 1. The van der Waals surface area contributed by atoms with E-state index in [4.69, 9.17) is 21.3 Å². The van der Waals surface area contributed by atoms with Crippen molar-refractivity contribution in [2.45, 2.75) is 18.8 Å². The molecule has 4 aromatic rings. The minimum absolute atomic E-state index is 0.202. The number of rotatable bonds is 5. The number of methoxy groups -OCH3 is 1. The van der Waals surface area contributed by atoms with Crippen LogP contribution in [0, 0.1) is 0 Å². The van der Waals surface area contributed by atoms with Crippen LogP contribution in [0.15, 0.2) is 65.6 Å². The van der Waals surface area contributed by atoms with Gasteiger partial charge in [0.15, 0.2) is 0 Å². The molecule has 2 aromatic carbocycles. The number of benzene rings is 2. The minimum Gasteiger partial charge on any atom is -0.496 e. The first-order valence-electron chi connectivity index (χ1n) is 11.1. The molecule has 0 amide bonds. The number of halogens is 1. The second-order valence-electron chi connectivity index (χ2n) is 8.22. The van der Waals surface area contributed by atoms with E-state index in [1.807, 2.05) is 36.4 Å². The molecule has 3 N–H and O–H groups in total. The highest BCUT2D eigenvalue weighted by Gasteiger charge is 2.18. The molecule has 1 fully saturated rings. The van der Waals surface area contributed by atoms with Crippen molar-refractivity contribution in [2.24, 2.45) is 0 Å². The van der Waals surface area contributed by atoms with Crippen LogP contribution in [0.3, 0.4) is 0 Å². The van der Waals surface area contributed by atoms with E-state index >= 15 is 0 Å². The number of fused-ring (bicyclic) bond motifs is 1. The number of hydrogen-bond donors (Lipinski definition) is 3. The molecular formula is C26H25ClN4O2. The first-order chi connectivity index (χ1) is 16.1. The summed E-state index contributed by atoms with van der Waals surface area (Å²) >= 11 is 6.52. The van der Waals surface area contributed by atoms with Crippen LogP contribution in [0.25, 0.3) is 22.0 Å². The molecule has 1 aliphatic rings. The lowest BCUT2D eigenvalue weighted by Gasteiger charge is -2.23. The molecule has 0 bridgehead atoms. The summed E-state index contributed by atoms with van der Waals surface area (Å²) < 4.78 is 5.53. The highest BCUT2D eigenvalue weighted by atomic mass is 35.5. The summed E-state index contributed by atoms with van der Waals surface area (Å²) in [6, 6.07) is 17.6. The highest BCUT2D eigenvalue weighted by Crippen LogP contribution is 2.38. The molecule has 0 unspecified atom stereocenters. The van der Waals surface area contributed by atoms with Crippen molar-refractivity contribution < 1.29 is 4.74 Å². The molecule has 2 aromatic heterocycles. The molecule has 7 heteroatoms. The molecule has 0 radical (unpaired) electrons. The Morgan fingerprint density at radius 2 is 1.88 bits per heavy atom. The SMILES string of the molecule is COc1cccc(Cl)c1-c1cc2cc[nH]c(=O)c2c(Nc2ccc(C3CCNCC3)cc2)n1. The van der Waals surface area contributed by atoms with Gasteiger partial charge in [-0.2, -0.15) is 0 Å². The Hall–Kier alpha value is -3.35. The van der Waals surface area contributed by atoms with E-state index in [0.29, 0.717) is 39.2 Å². The maximum absolute atomic E-state index is 12.7. The summed E-state index contributed by atoms with van der Waals surface area (Å²) in [6.07, 6.45) is 3.93. The first-order valence-corrected chi connectivity index (χ1v) is 11.4. The van der Waals surface area contributed by atoms with Crippen LogP contribution in [-0.2, 0) is 0 Å². The minimum atomic E-state index is -0.202. The molecule has 1 aliphatic heterocycles. The zero-order chi connectivity index (χ0) is 22.8. The van der Waals surface area contributed by atoms with Crippen LogP contribution in [0.2, 0.25) is 5.02 Å². The lowest BCUT2D eigenvalue weighted by Crippen LogP contribution is -2.26. The highest BCUT2D eigenvalue weighted by molar-refractivity contribution is 6.33. The second-order valence-corrected chi connectivity index (χ2v) is 8.62. The molecule has 33 heavy (non-hydrogen) atoms. The Labute approximate surface area is 197 Å². The van der Waals surface area contributed by atoms with E-state index in [9.17, 15) is 4.79 Å². The van der Waals surface area contributed by atoms with Gasteiger partial charge >= 0.3 is 0 Å². The van der Waals surface area contributed by atoms with Crippen molar-refractivity contribution in [2.75, 3.05) is 25.5 Å². The van der Waals surface area contributed by atoms with Gasteiger partial charge in [0.25, 0.3) is 5.56 Å². The number of ether oxygens (including phenoxy) is 1. The van der Waals surface area contributed by atoms with Crippen molar-refractivity contribution in [3.8, 4) is 17.0 Å². The van der Waals surface area contributed by atoms with E-state index in [1.54, 1.807) is 19.4 Å². The zero-order valence-electron chi connectivity index (χ0n) is 18.3. The van der Waals surface area contributed by atoms with Gasteiger partial charge in [-0.15, -0.1) is 0 Å². The molecular weight excluding hydrogens is 436 g/mol. The molecule has 0 atom stereocenters. The standard InChI is InChI=1S/C26H25ClN4O2/c1-33-22-4-2-3-20(27)24(22)21-15-18-11-14-29-26(32)23(18)25(31-21)30-19-7-5-16(6-8-19)17-9-12-28-13-10-17/h2-8,11,14-15,17,28H,9-10,12-13H2,1H3,(H,29,32)(H,30,31). The van der Waals surface area contributed by atoms with E-state index in [-0.39, 0.29) is 5.56 Å². The Bertz CT molecular complexity index is 1350. The Morgan fingerprint density at radius 3 is 2.64 bits per heavy atom. The summed E-state index contributed by atoms with van der Waals surface area (Å²) in [7, 11) is 1.60. The second kappa shape index (κ2) is 9.25. The maximum Gasteiger partial charge on any atom is 0.259 e. The predicted octanol–water partition coefficient (Wildman–Crippen LogP) is 5.46. The quantitative estimate of drug-likeness (QED) is 0.368. The predicted molar refractivity (Wildman–Crippen MR) is 134 cm³/mol. The van der Waals surface area contributed by atoms with Gasteiger partial charge in [-0.1, -0.05) is 29.8 Å². The summed E-state index contributed by atoms with van der Waals surface area (Å²) in [5.41, 5.74) is 3.32. The monoisotopic (exact) mass is 460 g/mol. The lowest BCUT2D eigenvalue weighted by atomic mass is 9.90. The molecule has 0 spiro atoms. The fourth-order valence-electron chi connectivity index (χ4n) is 4.49. The third-order valence-corrected chi connectivity index (χ3v) is 6.50. The molecule has 1 saturated heterocycles. The molecule has 0 saturated carbocycles. The van der Waals surface area contributed by atoms with Gasteiger partial charge in [0.1, 0.15) is 11.6 Å². The van der Waals surface area contributed by atoms with Crippen molar-refractivity contribution in [3.05, 3.63) is 81.7 Å². The van der Waals surface area contributed by atoms with Gasteiger partial charge in [0, 0.05) is 11.9 Å². The molecule has 5 rings (SSSR count). The smallest absolute Gasteiger partial charge is 0.259 e. The number of pyridine rings is 2. The van der Waals surface area contributed by atoms with Crippen LogP contribution in [0.5, 0.6) is 5.75 Å². The number of H-pyrrole nitrogens is 1. The summed E-state index contributed by atoms with van der Waals surface area (Å²) in [5.74, 6) is 1.68. The van der Waals surface area contributed by atoms with Crippen LogP contribution in [-0.4, -0.2) is 30.2 Å². The van der Waals surface area contributed by atoms with E-state index in [1.165, 1.54) is 5.56 Å². The summed E-state index contributed by atoms with van der Waals surface area (Å²) in [5, 5.41) is 8.56. The van der Waals surface area contributed by atoms with Crippen LogP contribution >= 0.6 is 11.6 Å². The van der Waals surface area contributed by atoms with Gasteiger partial charge in [0.2, 0.25) is 0 Å². The average molecular weight is 461 g/mol. The van der Waals surface area contributed by atoms with Crippen LogP contribution in [0.4, 0.5) is 11.5 Å². The lowest BCUT2D eigenvalue weighted by molar-refractivity contribution is 0.416. The largest absolute Gasteiger partial charge is 0.496 e.